The minimum absolute atomic E-state index is 0.0441. The molecule has 3 rings (SSSR count). The van der Waals surface area contributed by atoms with E-state index in [-0.39, 0.29) is 11.2 Å². The number of para-hydroxylation sites is 2. The normalized spacial score (nSPS) is 11.4. The topological polar surface area (TPSA) is 53.2 Å². The van der Waals surface area contributed by atoms with Gasteiger partial charge < -0.3 is 16.0 Å². The molecule has 0 fully saturated rings. The SMILES string of the molecule is CC(Sc1ccc(NC(=S)Nc2ccccc2)cc1)C(=O)Nc1ccccc1Br. The summed E-state index contributed by atoms with van der Waals surface area (Å²) in [6.07, 6.45) is 0. The second-order valence-corrected chi connectivity index (χ2v) is 8.88. The Hall–Kier alpha value is -2.35. The van der Waals surface area contributed by atoms with Crippen molar-refractivity contribution in [1.29, 1.82) is 0 Å². The summed E-state index contributed by atoms with van der Waals surface area (Å²) >= 11 is 10.3. The zero-order valence-corrected chi connectivity index (χ0v) is 18.9. The van der Waals surface area contributed by atoms with Crippen LogP contribution in [-0.2, 0) is 4.79 Å². The number of carbonyl (C=O) groups is 1. The average molecular weight is 486 g/mol. The van der Waals surface area contributed by atoms with Gasteiger partial charge in [-0.3, -0.25) is 4.79 Å². The Balaban J connectivity index is 1.52. The molecule has 0 radical (unpaired) electrons. The number of anilines is 3. The number of amides is 1. The van der Waals surface area contributed by atoms with Crippen LogP contribution in [0, 0.1) is 0 Å². The number of thioether (sulfide) groups is 1. The summed E-state index contributed by atoms with van der Waals surface area (Å²) < 4.78 is 0.862. The molecule has 0 aliphatic heterocycles. The molecule has 3 aromatic rings. The Bertz CT molecular complexity index is 981. The first kappa shape index (κ1) is 21.4. The zero-order valence-electron chi connectivity index (χ0n) is 15.7. The van der Waals surface area contributed by atoms with Crippen molar-refractivity contribution in [3.63, 3.8) is 0 Å². The van der Waals surface area contributed by atoms with Crippen molar-refractivity contribution in [1.82, 2.24) is 0 Å². The Labute approximate surface area is 188 Å². The van der Waals surface area contributed by atoms with Crippen molar-refractivity contribution in [2.24, 2.45) is 0 Å². The predicted molar refractivity (Wildman–Crippen MR) is 131 cm³/mol. The molecule has 3 N–H and O–H groups in total. The monoisotopic (exact) mass is 485 g/mol. The van der Waals surface area contributed by atoms with Crippen LogP contribution in [0.25, 0.3) is 0 Å². The number of hydrogen-bond acceptors (Lipinski definition) is 3. The van der Waals surface area contributed by atoms with Crippen LogP contribution in [0.2, 0.25) is 0 Å². The van der Waals surface area contributed by atoms with Crippen molar-refractivity contribution in [2.75, 3.05) is 16.0 Å². The highest BCUT2D eigenvalue weighted by Crippen LogP contribution is 2.27. The van der Waals surface area contributed by atoms with Crippen LogP contribution >= 0.6 is 39.9 Å². The fourth-order valence-corrected chi connectivity index (χ4v) is 3.97. The largest absolute Gasteiger partial charge is 0.332 e. The van der Waals surface area contributed by atoms with Gasteiger partial charge in [0.05, 0.1) is 10.9 Å². The third-order valence-electron chi connectivity index (χ3n) is 3.96. The summed E-state index contributed by atoms with van der Waals surface area (Å²) in [7, 11) is 0. The van der Waals surface area contributed by atoms with Gasteiger partial charge >= 0.3 is 0 Å². The minimum Gasteiger partial charge on any atom is -0.332 e. The van der Waals surface area contributed by atoms with E-state index in [1.165, 1.54) is 11.8 Å². The molecule has 0 heterocycles. The first-order valence-electron chi connectivity index (χ1n) is 8.96. The molecule has 0 saturated heterocycles. The van der Waals surface area contributed by atoms with Crippen LogP contribution in [0.4, 0.5) is 17.1 Å². The summed E-state index contributed by atoms with van der Waals surface area (Å²) in [6.45, 7) is 1.89. The lowest BCUT2D eigenvalue weighted by Gasteiger charge is -2.14. The van der Waals surface area contributed by atoms with Gasteiger partial charge in [-0.25, -0.2) is 0 Å². The molecule has 1 atom stereocenters. The van der Waals surface area contributed by atoms with Crippen molar-refractivity contribution in [3.8, 4) is 0 Å². The van der Waals surface area contributed by atoms with Crippen LogP contribution in [0.5, 0.6) is 0 Å². The Kier molecular flexibility index (Phi) is 7.69. The summed E-state index contributed by atoms with van der Waals surface area (Å²) in [6, 6.07) is 25.2. The molecule has 29 heavy (non-hydrogen) atoms. The maximum Gasteiger partial charge on any atom is 0.237 e. The van der Waals surface area contributed by atoms with E-state index in [9.17, 15) is 4.79 Å². The van der Waals surface area contributed by atoms with Gasteiger partial charge in [0.25, 0.3) is 0 Å². The Morgan fingerprint density at radius 2 is 1.45 bits per heavy atom. The van der Waals surface area contributed by atoms with Crippen molar-refractivity contribution < 1.29 is 4.79 Å². The van der Waals surface area contributed by atoms with E-state index in [1.54, 1.807) is 0 Å². The van der Waals surface area contributed by atoms with E-state index in [0.29, 0.717) is 5.11 Å². The van der Waals surface area contributed by atoms with Crippen molar-refractivity contribution >= 4 is 68.0 Å². The fraction of sp³-hybridized carbons (Fsp3) is 0.0909. The number of carbonyl (C=O) groups excluding carboxylic acids is 1. The van der Waals surface area contributed by atoms with E-state index in [4.69, 9.17) is 12.2 Å². The smallest absolute Gasteiger partial charge is 0.237 e. The molecule has 4 nitrogen and oxygen atoms in total. The van der Waals surface area contributed by atoms with Gasteiger partial charge in [-0.15, -0.1) is 11.8 Å². The molecule has 0 aromatic heterocycles. The molecule has 148 valence electrons. The van der Waals surface area contributed by atoms with E-state index in [1.807, 2.05) is 85.8 Å². The summed E-state index contributed by atoms with van der Waals surface area (Å²) in [5, 5.41) is 9.54. The number of halogens is 1. The summed E-state index contributed by atoms with van der Waals surface area (Å²) in [4.78, 5) is 13.5. The summed E-state index contributed by atoms with van der Waals surface area (Å²) in [5.41, 5.74) is 2.58. The molecule has 3 aromatic carbocycles. The second-order valence-electron chi connectivity index (χ2n) is 6.20. The van der Waals surface area contributed by atoms with Gasteiger partial charge in [0, 0.05) is 20.7 Å². The number of rotatable bonds is 6. The quantitative estimate of drug-likeness (QED) is 0.279. The van der Waals surface area contributed by atoms with E-state index >= 15 is 0 Å². The lowest BCUT2D eigenvalue weighted by molar-refractivity contribution is -0.115. The van der Waals surface area contributed by atoms with Crippen molar-refractivity contribution in [2.45, 2.75) is 17.1 Å². The lowest BCUT2D eigenvalue weighted by atomic mass is 10.3. The maximum absolute atomic E-state index is 12.5. The fourth-order valence-electron chi connectivity index (χ4n) is 2.49. The highest BCUT2D eigenvalue weighted by atomic mass is 79.9. The molecule has 0 aliphatic carbocycles. The summed E-state index contributed by atoms with van der Waals surface area (Å²) in [5.74, 6) is -0.0441. The number of thiocarbonyl (C=S) groups is 1. The first-order chi connectivity index (χ1) is 14.0. The third kappa shape index (κ3) is 6.59. The molecule has 0 saturated carbocycles. The minimum atomic E-state index is -0.235. The zero-order chi connectivity index (χ0) is 20.6. The van der Waals surface area contributed by atoms with E-state index in [2.05, 4.69) is 31.9 Å². The standard InChI is InChI=1S/C22H20BrN3OS2/c1-15(21(27)26-20-10-6-5-9-19(20)23)29-18-13-11-17(12-14-18)25-22(28)24-16-7-3-2-4-8-16/h2-15H,1H3,(H,26,27)(H2,24,25,28). The number of hydrogen-bond donors (Lipinski definition) is 3. The van der Waals surface area contributed by atoms with E-state index < -0.39 is 0 Å². The Morgan fingerprint density at radius 1 is 0.862 bits per heavy atom. The van der Waals surface area contributed by atoms with E-state index in [0.717, 1.165) is 26.4 Å². The molecule has 1 amide bonds. The second kappa shape index (κ2) is 10.4. The third-order valence-corrected chi connectivity index (χ3v) is 5.97. The van der Waals surface area contributed by atoms with Gasteiger partial charge in [-0.1, -0.05) is 30.3 Å². The highest BCUT2D eigenvalue weighted by Gasteiger charge is 2.15. The van der Waals surface area contributed by atoms with Crippen LogP contribution in [0.1, 0.15) is 6.92 Å². The van der Waals surface area contributed by atoms with Crippen LogP contribution in [-0.4, -0.2) is 16.3 Å². The first-order valence-corrected chi connectivity index (χ1v) is 11.0. The van der Waals surface area contributed by atoms with Crippen LogP contribution < -0.4 is 16.0 Å². The Morgan fingerprint density at radius 3 is 2.10 bits per heavy atom. The van der Waals surface area contributed by atoms with Crippen LogP contribution in [0.15, 0.2) is 88.2 Å². The molecule has 7 heteroatoms. The average Bonchev–Trinajstić information content (AvgIpc) is 2.72. The van der Waals surface area contributed by atoms with Crippen molar-refractivity contribution in [3.05, 3.63) is 83.3 Å². The molecule has 0 bridgehead atoms. The van der Waals surface area contributed by atoms with Gasteiger partial charge in [0.1, 0.15) is 0 Å². The maximum atomic E-state index is 12.5. The van der Waals surface area contributed by atoms with Gasteiger partial charge in [0.15, 0.2) is 5.11 Å². The molecule has 0 aliphatic rings. The number of benzene rings is 3. The van der Waals surface area contributed by atoms with Crippen LogP contribution in [0.3, 0.4) is 0 Å². The van der Waals surface area contributed by atoms with Gasteiger partial charge in [-0.2, -0.15) is 0 Å². The molecular formula is C22H20BrN3OS2. The molecular weight excluding hydrogens is 466 g/mol. The van der Waals surface area contributed by atoms with Gasteiger partial charge in [0.2, 0.25) is 5.91 Å². The lowest BCUT2D eigenvalue weighted by Crippen LogP contribution is -2.22. The predicted octanol–water partition coefficient (Wildman–Crippen LogP) is 6.38. The number of nitrogens with one attached hydrogen (secondary N) is 3. The molecule has 0 spiro atoms. The highest BCUT2D eigenvalue weighted by molar-refractivity contribution is 9.10. The molecule has 1 unspecified atom stereocenters. The van der Waals surface area contributed by atoms with Gasteiger partial charge in [-0.05, 0) is 83.6 Å².